The zero-order chi connectivity index (χ0) is 34.1. The first-order valence-electron chi connectivity index (χ1n) is 13.5. The number of ether oxygens (including phenoxy) is 4. The van der Waals surface area contributed by atoms with E-state index in [9.17, 15) is 65.8 Å². The number of carbonyl (C=O) groups excluding carboxylic acids is 1. The lowest BCUT2D eigenvalue weighted by atomic mass is 9.97. The second-order valence-corrected chi connectivity index (χ2v) is 9.87. The van der Waals surface area contributed by atoms with Gasteiger partial charge in [0.2, 0.25) is 5.88 Å². The van der Waals surface area contributed by atoms with Gasteiger partial charge in [0.25, 0.3) is 11.7 Å². The van der Waals surface area contributed by atoms with Crippen LogP contribution in [0.4, 0.5) is 0 Å². The van der Waals surface area contributed by atoms with E-state index in [0.29, 0.717) is 0 Å². The van der Waals surface area contributed by atoms with E-state index in [1.165, 1.54) is 6.92 Å². The molecular weight excluding hydrogens is 618 g/mol. The van der Waals surface area contributed by atoms with Crippen LogP contribution >= 0.6 is 0 Å². The van der Waals surface area contributed by atoms with E-state index in [-0.39, 0.29) is 0 Å². The Morgan fingerprint density at radius 3 is 2.20 bits per heavy atom. The molecule has 2 heterocycles. The van der Waals surface area contributed by atoms with Crippen LogP contribution in [0, 0.1) is 0 Å². The fraction of sp³-hybridized carbons (Fsp3) is 0.750. The number of carboxylic acids is 1. The summed E-state index contributed by atoms with van der Waals surface area (Å²) in [6.07, 6.45) is -19.3. The number of nitrogens with zero attached hydrogens (tertiary/aromatic N) is 2. The Hall–Kier alpha value is -2.90. The number of carboxylic acid groups (broad SMARTS) is 1. The predicted molar refractivity (Wildman–Crippen MR) is 140 cm³/mol. The molecule has 21 heteroatoms. The van der Waals surface area contributed by atoms with Gasteiger partial charge in [-0.15, -0.1) is 0 Å². The number of hydrogen-bond acceptors (Lipinski definition) is 19. The number of aliphatic carboxylic acids is 1. The van der Waals surface area contributed by atoms with Crippen molar-refractivity contribution in [3.63, 3.8) is 0 Å². The molecule has 2 rings (SSSR count). The molecule has 3 unspecified atom stereocenters. The standard InChI is InChI=1S/C24H39N3O18/c1-2-24(22(39)40,42-8-12(33)10(31)5-28)45-19-17(36)14(7-30)44-21(18(19)37)43-13(16(35)11(32)6-29)4-25-20(38)9-3-15(34)27-23(41)26-9/h3,10-14,16-19,21,28-33,35-37H,2,4-8H2,1H3,(H,25,38)(H,39,40)(H2,26,27,34,41)/t10-,11?,12+,13-,14+,16-,17+,18?,19?,21-,24+/m1/s1. The third kappa shape index (κ3) is 9.79. The number of aromatic nitrogens is 2. The highest BCUT2D eigenvalue weighted by Gasteiger charge is 2.53. The highest BCUT2D eigenvalue weighted by molar-refractivity contribution is 5.92. The van der Waals surface area contributed by atoms with Crippen molar-refractivity contribution in [1.29, 1.82) is 0 Å². The van der Waals surface area contributed by atoms with Gasteiger partial charge in [0.05, 0.1) is 26.4 Å². The van der Waals surface area contributed by atoms with Crippen LogP contribution in [0.3, 0.4) is 0 Å². The Balaban J connectivity index is 2.34. The average molecular weight is 658 g/mol. The Morgan fingerprint density at radius 1 is 1.02 bits per heavy atom. The molecule has 0 radical (unpaired) electrons. The number of nitrogens with one attached hydrogen (secondary N) is 1. The van der Waals surface area contributed by atoms with Gasteiger partial charge in [-0.1, -0.05) is 6.92 Å². The van der Waals surface area contributed by atoms with Crippen molar-refractivity contribution in [3.8, 4) is 11.9 Å². The molecule has 0 aliphatic carbocycles. The SMILES string of the molecule is CC[C@](OC[C@H](O)[C@H](O)CO)(OC1C(O)[C@H](O[C@H](CNC(=O)c2cc(O)nc(O)n2)[C@H](O)C(O)CO)O[C@@H](CO)[C@@H]1O)C(=O)O. The third-order valence-electron chi connectivity index (χ3n) is 6.73. The largest absolute Gasteiger partial charge is 0.493 e. The van der Waals surface area contributed by atoms with Gasteiger partial charge in [0.15, 0.2) is 6.29 Å². The minimum Gasteiger partial charge on any atom is -0.493 e. The molecular formula is C24H39N3O18. The van der Waals surface area contributed by atoms with Crippen molar-refractivity contribution in [1.82, 2.24) is 15.3 Å². The first kappa shape index (κ1) is 38.3. The number of aromatic hydroxyl groups is 2. The van der Waals surface area contributed by atoms with Crippen molar-refractivity contribution in [3.05, 3.63) is 11.8 Å². The highest BCUT2D eigenvalue weighted by atomic mass is 16.7. The third-order valence-corrected chi connectivity index (χ3v) is 6.73. The average Bonchev–Trinajstić information content (AvgIpc) is 3.01. The molecule has 1 aliphatic rings. The molecule has 1 aromatic heterocycles. The second-order valence-electron chi connectivity index (χ2n) is 9.87. The van der Waals surface area contributed by atoms with Crippen LogP contribution in [-0.2, 0) is 23.7 Å². The normalized spacial score (nSPS) is 26.7. The fourth-order valence-electron chi connectivity index (χ4n) is 4.06. The van der Waals surface area contributed by atoms with Crippen molar-refractivity contribution in [2.45, 2.75) is 80.4 Å². The van der Waals surface area contributed by atoms with Crippen LogP contribution in [0.25, 0.3) is 0 Å². The highest BCUT2D eigenvalue weighted by Crippen LogP contribution is 2.31. The molecule has 0 spiro atoms. The number of hydrogen-bond donors (Lipinski definition) is 13. The molecule has 21 nitrogen and oxygen atoms in total. The number of rotatable bonds is 18. The van der Waals surface area contributed by atoms with Crippen LogP contribution in [-0.4, -0.2) is 183 Å². The number of amides is 1. The Morgan fingerprint density at radius 2 is 1.67 bits per heavy atom. The van der Waals surface area contributed by atoms with Crippen molar-refractivity contribution < 1.29 is 89.8 Å². The molecule has 11 atom stereocenters. The summed E-state index contributed by atoms with van der Waals surface area (Å²) in [6.45, 7) is -3.21. The van der Waals surface area contributed by atoms with Gasteiger partial charge in [-0.3, -0.25) is 4.79 Å². The topological polar surface area (TPSA) is 352 Å². The van der Waals surface area contributed by atoms with Crippen LogP contribution in [0.2, 0.25) is 0 Å². The molecule has 1 aliphatic heterocycles. The summed E-state index contributed by atoms with van der Waals surface area (Å²) in [5.74, 6) is -6.32. The van der Waals surface area contributed by atoms with Gasteiger partial charge >= 0.3 is 12.0 Å². The lowest BCUT2D eigenvalue weighted by molar-refractivity contribution is -0.357. The maximum absolute atomic E-state index is 12.5. The number of carbonyl (C=O) groups is 2. The van der Waals surface area contributed by atoms with Crippen LogP contribution < -0.4 is 5.32 Å². The molecule has 1 fully saturated rings. The predicted octanol–water partition coefficient (Wildman–Crippen LogP) is -6.54. The summed E-state index contributed by atoms with van der Waals surface area (Å²) in [4.78, 5) is 31.4. The van der Waals surface area contributed by atoms with Gasteiger partial charge in [0, 0.05) is 19.0 Å². The van der Waals surface area contributed by atoms with E-state index in [2.05, 4.69) is 15.3 Å². The Bertz CT molecular complexity index is 1080. The first-order valence-corrected chi connectivity index (χ1v) is 13.5. The molecule has 1 aromatic rings. The van der Waals surface area contributed by atoms with Gasteiger partial charge in [-0.25, -0.2) is 4.79 Å². The van der Waals surface area contributed by atoms with Crippen LogP contribution in [0.1, 0.15) is 23.8 Å². The van der Waals surface area contributed by atoms with E-state index in [1.54, 1.807) is 0 Å². The molecule has 0 saturated carbocycles. The number of aliphatic hydroxyl groups is 9. The first-order chi connectivity index (χ1) is 21.1. The van der Waals surface area contributed by atoms with Crippen LogP contribution in [0.15, 0.2) is 6.07 Å². The smallest absolute Gasteiger partial charge is 0.364 e. The summed E-state index contributed by atoms with van der Waals surface area (Å²) in [6, 6.07) is -0.171. The van der Waals surface area contributed by atoms with Gasteiger partial charge in [-0.05, 0) is 0 Å². The summed E-state index contributed by atoms with van der Waals surface area (Å²) < 4.78 is 21.6. The lowest BCUT2D eigenvalue weighted by Gasteiger charge is -2.45. The fourth-order valence-corrected chi connectivity index (χ4v) is 4.06. The maximum Gasteiger partial charge on any atom is 0.364 e. The summed E-state index contributed by atoms with van der Waals surface area (Å²) in [5, 5.41) is 121. The molecule has 258 valence electrons. The Kier molecular flexibility index (Phi) is 14.6. The van der Waals surface area contributed by atoms with E-state index in [4.69, 9.17) is 24.1 Å². The van der Waals surface area contributed by atoms with E-state index < -0.39 is 136 Å². The lowest BCUT2D eigenvalue weighted by Crippen LogP contribution is -2.64. The summed E-state index contributed by atoms with van der Waals surface area (Å²) >= 11 is 0. The van der Waals surface area contributed by atoms with Crippen LogP contribution in [0.5, 0.6) is 11.9 Å². The quantitative estimate of drug-likeness (QED) is 0.0652. The zero-order valence-corrected chi connectivity index (χ0v) is 23.8. The molecule has 45 heavy (non-hydrogen) atoms. The summed E-state index contributed by atoms with van der Waals surface area (Å²) in [7, 11) is 0. The molecule has 0 bridgehead atoms. The molecule has 13 N–H and O–H groups in total. The minimum atomic E-state index is -2.70. The zero-order valence-electron chi connectivity index (χ0n) is 23.8. The monoisotopic (exact) mass is 657 g/mol. The van der Waals surface area contributed by atoms with Gasteiger partial charge < -0.3 is 85.5 Å². The van der Waals surface area contributed by atoms with E-state index in [1.807, 2.05) is 0 Å². The molecule has 1 amide bonds. The van der Waals surface area contributed by atoms with Crippen molar-refractivity contribution in [2.75, 3.05) is 33.0 Å². The van der Waals surface area contributed by atoms with Gasteiger partial charge in [0.1, 0.15) is 60.6 Å². The molecule has 0 aromatic carbocycles. The second kappa shape index (κ2) is 17.1. The number of aliphatic hydroxyl groups excluding tert-OH is 9. The van der Waals surface area contributed by atoms with E-state index >= 15 is 0 Å². The maximum atomic E-state index is 12.5. The van der Waals surface area contributed by atoms with E-state index in [0.717, 1.165) is 6.07 Å². The van der Waals surface area contributed by atoms with Crippen molar-refractivity contribution >= 4 is 11.9 Å². The summed E-state index contributed by atoms with van der Waals surface area (Å²) in [5.41, 5.74) is -0.539. The van der Waals surface area contributed by atoms with Crippen molar-refractivity contribution in [2.24, 2.45) is 0 Å². The minimum absolute atomic E-state index is 0.513. The van der Waals surface area contributed by atoms with Gasteiger partial charge in [-0.2, -0.15) is 9.97 Å². The Labute approximate surface area is 254 Å². The molecule has 1 saturated heterocycles.